The number of benzene rings is 2. The van der Waals surface area contributed by atoms with Crippen molar-refractivity contribution in [1.82, 2.24) is 0 Å². The first-order valence-corrected chi connectivity index (χ1v) is 5.64. The monoisotopic (exact) mass is 269 g/mol. The molecule has 0 aliphatic carbocycles. The van der Waals surface area contributed by atoms with E-state index in [2.05, 4.69) is 5.32 Å². The molecule has 2 aromatic carbocycles. The standard InChI is InChI=1S/C14H11N3O3/c15-7-8-1-3-11(10(16)5-8)17-14(20)9-2-4-12(18)13(19)6-9/h1-6,18-19H,16H2,(H,17,20). The predicted molar refractivity (Wildman–Crippen MR) is 73.3 cm³/mol. The van der Waals surface area contributed by atoms with Crippen molar-refractivity contribution in [2.75, 3.05) is 11.1 Å². The highest BCUT2D eigenvalue weighted by Gasteiger charge is 2.10. The molecule has 0 spiro atoms. The summed E-state index contributed by atoms with van der Waals surface area (Å²) in [6.45, 7) is 0. The molecule has 20 heavy (non-hydrogen) atoms. The summed E-state index contributed by atoms with van der Waals surface area (Å²) >= 11 is 0. The summed E-state index contributed by atoms with van der Waals surface area (Å²) in [5, 5.41) is 29.8. The Labute approximate surface area is 114 Å². The summed E-state index contributed by atoms with van der Waals surface area (Å²) in [6.07, 6.45) is 0. The number of nitrogen functional groups attached to an aromatic ring is 1. The van der Waals surface area contributed by atoms with Crippen LogP contribution in [0, 0.1) is 11.3 Å². The molecule has 0 radical (unpaired) electrons. The van der Waals surface area contributed by atoms with Crippen molar-refractivity contribution in [1.29, 1.82) is 5.26 Å². The Morgan fingerprint density at radius 1 is 1.15 bits per heavy atom. The summed E-state index contributed by atoms with van der Waals surface area (Å²) in [5.41, 5.74) is 6.91. The molecule has 0 unspecified atom stereocenters. The van der Waals surface area contributed by atoms with Crippen LogP contribution < -0.4 is 11.1 Å². The Bertz CT molecular complexity index is 720. The first-order chi connectivity index (χ1) is 9.51. The fraction of sp³-hybridized carbons (Fsp3) is 0. The minimum Gasteiger partial charge on any atom is -0.504 e. The number of phenolic OH excluding ortho intramolecular Hbond substituents is 2. The molecule has 2 rings (SSSR count). The molecule has 0 aromatic heterocycles. The van der Waals surface area contributed by atoms with Crippen molar-refractivity contribution in [2.24, 2.45) is 0 Å². The predicted octanol–water partition coefficient (Wildman–Crippen LogP) is 1.80. The van der Waals surface area contributed by atoms with Crippen LogP contribution >= 0.6 is 0 Å². The Kier molecular flexibility index (Phi) is 3.44. The van der Waals surface area contributed by atoms with Crippen LogP contribution in [0.5, 0.6) is 11.5 Å². The van der Waals surface area contributed by atoms with Gasteiger partial charge in [0.25, 0.3) is 5.91 Å². The van der Waals surface area contributed by atoms with E-state index in [9.17, 15) is 15.0 Å². The molecule has 0 aliphatic heterocycles. The van der Waals surface area contributed by atoms with Gasteiger partial charge in [0.15, 0.2) is 11.5 Å². The van der Waals surface area contributed by atoms with Crippen LogP contribution in [0.4, 0.5) is 11.4 Å². The molecule has 0 fully saturated rings. The summed E-state index contributed by atoms with van der Waals surface area (Å²) in [7, 11) is 0. The average Bonchev–Trinajstić information content (AvgIpc) is 2.43. The van der Waals surface area contributed by atoms with Crippen molar-refractivity contribution in [3.8, 4) is 17.6 Å². The number of nitrogens with two attached hydrogens (primary N) is 1. The number of hydrogen-bond acceptors (Lipinski definition) is 5. The largest absolute Gasteiger partial charge is 0.504 e. The minimum atomic E-state index is -0.489. The quantitative estimate of drug-likeness (QED) is 0.489. The minimum absolute atomic E-state index is 0.170. The van der Waals surface area contributed by atoms with Crippen molar-refractivity contribution in [3.63, 3.8) is 0 Å². The number of carbonyl (C=O) groups excluding carboxylic acids is 1. The van der Waals surface area contributed by atoms with Crippen LogP contribution in [0.15, 0.2) is 36.4 Å². The number of amides is 1. The Morgan fingerprint density at radius 2 is 1.90 bits per heavy atom. The summed E-state index contributed by atoms with van der Waals surface area (Å²) in [5.74, 6) is -1.18. The number of carbonyl (C=O) groups is 1. The van der Waals surface area contributed by atoms with Gasteiger partial charge in [0.2, 0.25) is 0 Å². The highest BCUT2D eigenvalue weighted by molar-refractivity contribution is 6.06. The lowest BCUT2D eigenvalue weighted by molar-refractivity contribution is 0.102. The molecule has 100 valence electrons. The van der Waals surface area contributed by atoms with Crippen LogP contribution in [0.3, 0.4) is 0 Å². The fourth-order valence-corrected chi connectivity index (χ4v) is 1.61. The maximum absolute atomic E-state index is 12.0. The summed E-state index contributed by atoms with van der Waals surface area (Å²) in [4.78, 5) is 12.0. The van der Waals surface area contributed by atoms with Gasteiger partial charge in [-0.25, -0.2) is 0 Å². The molecule has 6 nitrogen and oxygen atoms in total. The summed E-state index contributed by atoms with van der Waals surface area (Å²) < 4.78 is 0. The Hall–Kier alpha value is -3.20. The third-order valence-corrected chi connectivity index (χ3v) is 2.67. The molecule has 1 amide bonds. The number of hydrogen-bond donors (Lipinski definition) is 4. The van der Waals surface area contributed by atoms with Gasteiger partial charge in [-0.1, -0.05) is 0 Å². The first-order valence-electron chi connectivity index (χ1n) is 5.64. The molecule has 0 saturated carbocycles. The zero-order valence-corrected chi connectivity index (χ0v) is 10.3. The van der Waals surface area contributed by atoms with Crippen molar-refractivity contribution < 1.29 is 15.0 Å². The van der Waals surface area contributed by atoms with Gasteiger partial charge in [0.05, 0.1) is 23.0 Å². The van der Waals surface area contributed by atoms with E-state index in [0.29, 0.717) is 11.3 Å². The van der Waals surface area contributed by atoms with Gasteiger partial charge in [-0.2, -0.15) is 5.26 Å². The maximum atomic E-state index is 12.0. The first kappa shape index (κ1) is 13.2. The lowest BCUT2D eigenvalue weighted by atomic mass is 10.1. The van der Waals surface area contributed by atoms with E-state index in [1.165, 1.54) is 30.3 Å². The van der Waals surface area contributed by atoms with Gasteiger partial charge in [0.1, 0.15) is 0 Å². The van der Waals surface area contributed by atoms with Crippen LogP contribution in [-0.4, -0.2) is 16.1 Å². The third-order valence-electron chi connectivity index (χ3n) is 2.67. The van der Waals surface area contributed by atoms with E-state index in [-0.39, 0.29) is 22.7 Å². The number of nitrogens with one attached hydrogen (secondary N) is 1. The second-order valence-electron chi connectivity index (χ2n) is 4.07. The van der Waals surface area contributed by atoms with Crippen LogP contribution in [-0.2, 0) is 0 Å². The van der Waals surface area contributed by atoms with E-state index >= 15 is 0 Å². The van der Waals surface area contributed by atoms with Crippen LogP contribution in [0.1, 0.15) is 15.9 Å². The second-order valence-corrected chi connectivity index (χ2v) is 4.07. The van der Waals surface area contributed by atoms with E-state index in [4.69, 9.17) is 11.0 Å². The van der Waals surface area contributed by atoms with Gasteiger partial charge in [-0.3, -0.25) is 4.79 Å². The normalized spacial score (nSPS) is 9.75. The number of anilines is 2. The third kappa shape index (κ3) is 2.62. The average molecular weight is 269 g/mol. The van der Waals surface area contributed by atoms with Crippen LogP contribution in [0.25, 0.3) is 0 Å². The van der Waals surface area contributed by atoms with E-state index in [1.807, 2.05) is 6.07 Å². The SMILES string of the molecule is N#Cc1ccc(NC(=O)c2ccc(O)c(O)c2)c(N)c1. The number of aromatic hydroxyl groups is 2. The van der Waals surface area contributed by atoms with Crippen molar-refractivity contribution >= 4 is 17.3 Å². The molecular formula is C14H11N3O3. The number of nitrogens with zero attached hydrogens (tertiary/aromatic N) is 1. The van der Waals surface area contributed by atoms with E-state index in [0.717, 1.165) is 6.07 Å². The zero-order chi connectivity index (χ0) is 14.7. The highest BCUT2D eigenvalue weighted by Crippen LogP contribution is 2.26. The van der Waals surface area contributed by atoms with E-state index in [1.54, 1.807) is 0 Å². The second kappa shape index (κ2) is 5.20. The molecule has 2 aromatic rings. The van der Waals surface area contributed by atoms with Gasteiger partial charge in [-0.15, -0.1) is 0 Å². The van der Waals surface area contributed by atoms with Crippen molar-refractivity contribution in [3.05, 3.63) is 47.5 Å². The fourth-order valence-electron chi connectivity index (χ4n) is 1.61. The molecule has 0 atom stereocenters. The summed E-state index contributed by atoms with van der Waals surface area (Å²) in [6, 6.07) is 10.2. The molecule has 0 aliphatic rings. The van der Waals surface area contributed by atoms with Gasteiger partial charge in [0, 0.05) is 5.56 Å². The smallest absolute Gasteiger partial charge is 0.255 e. The van der Waals surface area contributed by atoms with Crippen molar-refractivity contribution in [2.45, 2.75) is 0 Å². The molecule has 0 saturated heterocycles. The number of rotatable bonds is 2. The Morgan fingerprint density at radius 3 is 2.50 bits per heavy atom. The Balaban J connectivity index is 2.23. The number of phenols is 2. The van der Waals surface area contributed by atoms with Gasteiger partial charge < -0.3 is 21.3 Å². The topological polar surface area (TPSA) is 119 Å². The number of nitriles is 1. The molecule has 0 bridgehead atoms. The lowest BCUT2D eigenvalue weighted by Gasteiger charge is -2.09. The molecular weight excluding hydrogens is 258 g/mol. The molecule has 6 heteroatoms. The van der Waals surface area contributed by atoms with Crippen LogP contribution in [0.2, 0.25) is 0 Å². The maximum Gasteiger partial charge on any atom is 0.255 e. The zero-order valence-electron chi connectivity index (χ0n) is 10.3. The lowest BCUT2D eigenvalue weighted by Crippen LogP contribution is -2.13. The highest BCUT2D eigenvalue weighted by atomic mass is 16.3. The van der Waals surface area contributed by atoms with Gasteiger partial charge in [-0.05, 0) is 36.4 Å². The van der Waals surface area contributed by atoms with E-state index < -0.39 is 5.91 Å². The van der Waals surface area contributed by atoms with Gasteiger partial charge >= 0.3 is 0 Å². The molecule has 5 N–H and O–H groups in total. The molecule has 0 heterocycles.